The number of H-pyrrole nitrogens is 1. The van der Waals surface area contributed by atoms with E-state index in [0.717, 1.165) is 10.4 Å². The molecule has 0 aliphatic heterocycles. The second-order valence-corrected chi connectivity index (χ2v) is 5.71. The molecule has 0 aliphatic carbocycles. The molecule has 0 fully saturated rings. The number of thiophene rings is 1. The van der Waals surface area contributed by atoms with Gasteiger partial charge in [0.1, 0.15) is 0 Å². The second-order valence-electron chi connectivity index (χ2n) is 3.94. The number of hydrogen-bond donors (Lipinski definition) is 1. The van der Waals surface area contributed by atoms with Crippen molar-refractivity contribution < 1.29 is 0 Å². The number of nitrogens with zero attached hydrogens (tertiary/aromatic N) is 3. The summed E-state index contributed by atoms with van der Waals surface area (Å²) in [6.45, 7) is 0. The molecule has 2 aromatic heterocycles. The van der Waals surface area contributed by atoms with E-state index in [1.807, 2.05) is 41.8 Å². The van der Waals surface area contributed by atoms with Crippen molar-refractivity contribution >= 4 is 41.4 Å². The van der Waals surface area contributed by atoms with Gasteiger partial charge in [-0.3, -0.25) is 0 Å². The van der Waals surface area contributed by atoms with Crippen molar-refractivity contribution in [2.45, 2.75) is 0 Å². The molecule has 3 rings (SSSR count). The van der Waals surface area contributed by atoms with Crippen LogP contribution in [-0.4, -0.2) is 21.1 Å². The fourth-order valence-corrected chi connectivity index (χ4v) is 2.75. The molecule has 20 heavy (non-hydrogen) atoms. The van der Waals surface area contributed by atoms with Crippen LogP contribution in [0.1, 0.15) is 5.56 Å². The van der Waals surface area contributed by atoms with Crippen molar-refractivity contribution in [2.24, 2.45) is 5.10 Å². The molecule has 0 radical (unpaired) electrons. The summed E-state index contributed by atoms with van der Waals surface area (Å²) >= 11 is 12.7. The van der Waals surface area contributed by atoms with E-state index in [4.69, 9.17) is 23.8 Å². The van der Waals surface area contributed by atoms with Crippen LogP contribution in [0.4, 0.5) is 0 Å². The van der Waals surface area contributed by atoms with E-state index < -0.39 is 0 Å². The van der Waals surface area contributed by atoms with E-state index >= 15 is 0 Å². The van der Waals surface area contributed by atoms with Gasteiger partial charge in [0.2, 0.25) is 4.77 Å². The monoisotopic (exact) mass is 320 g/mol. The van der Waals surface area contributed by atoms with E-state index in [9.17, 15) is 0 Å². The van der Waals surface area contributed by atoms with Crippen LogP contribution in [0.3, 0.4) is 0 Å². The quantitative estimate of drug-likeness (QED) is 0.580. The molecule has 0 saturated carbocycles. The molecule has 7 heteroatoms. The van der Waals surface area contributed by atoms with Crippen LogP contribution in [0.25, 0.3) is 10.7 Å². The fraction of sp³-hybridized carbons (Fsp3) is 0. The van der Waals surface area contributed by atoms with Crippen molar-refractivity contribution in [1.29, 1.82) is 0 Å². The minimum Gasteiger partial charge on any atom is -0.250 e. The third-order valence-electron chi connectivity index (χ3n) is 2.56. The SMILES string of the molecule is S=c1[nH]nc(-c2cccs2)n1/N=C\c1cccc(Cl)c1. The summed E-state index contributed by atoms with van der Waals surface area (Å²) in [4.78, 5) is 1.00. The van der Waals surface area contributed by atoms with Gasteiger partial charge in [0.25, 0.3) is 0 Å². The number of nitrogens with one attached hydrogen (secondary N) is 1. The van der Waals surface area contributed by atoms with Crippen LogP contribution in [0.5, 0.6) is 0 Å². The van der Waals surface area contributed by atoms with Crippen LogP contribution in [0.2, 0.25) is 5.02 Å². The molecule has 1 N–H and O–H groups in total. The lowest BCUT2D eigenvalue weighted by atomic mass is 10.2. The lowest BCUT2D eigenvalue weighted by Gasteiger charge is -1.98. The summed E-state index contributed by atoms with van der Waals surface area (Å²) in [5, 5.41) is 14.0. The molecule has 1 aromatic carbocycles. The molecule has 100 valence electrons. The summed E-state index contributed by atoms with van der Waals surface area (Å²) in [5.41, 5.74) is 0.901. The number of benzene rings is 1. The van der Waals surface area contributed by atoms with E-state index in [-0.39, 0.29) is 0 Å². The van der Waals surface area contributed by atoms with Gasteiger partial charge in [0.15, 0.2) is 5.82 Å². The summed E-state index contributed by atoms with van der Waals surface area (Å²) in [7, 11) is 0. The summed E-state index contributed by atoms with van der Waals surface area (Å²) < 4.78 is 2.05. The van der Waals surface area contributed by atoms with Crippen LogP contribution < -0.4 is 0 Å². The molecule has 0 amide bonds. The molecule has 4 nitrogen and oxygen atoms in total. The first-order valence-electron chi connectivity index (χ1n) is 5.75. The maximum Gasteiger partial charge on any atom is 0.216 e. The van der Waals surface area contributed by atoms with Gasteiger partial charge in [0, 0.05) is 5.02 Å². The summed E-state index contributed by atoms with van der Waals surface area (Å²) in [6.07, 6.45) is 1.70. The van der Waals surface area contributed by atoms with Crippen molar-refractivity contribution in [1.82, 2.24) is 14.9 Å². The Hall–Kier alpha value is -1.76. The minimum absolute atomic E-state index is 0.451. The number of aromatic amines is 1. The Morgan fingerprint density at radius 2 is 2.25 bits per heavy atom. The Morgan fingerprint density at radius 1 is 1.35 bits per heavy atom. The zero-order valence-electron chi connectivity index (χ0n) is 10.2. The molecule has 0 atom stereocenters. The number of hydrogen-bond acceptors (Lipinski definition) is 4. The summed E-state index contributed by atoms with van der Waals surface area (Å²) in [6, 6.07) is 11.4. The van der Waals surface area contributed by atoms with E-state index in [2.05, 4.69) is 15.3 Å². The highest BCUT2D eigenvalue weighted by Gasteiger charge is 2.08. The van der Waals surface area contributed by atoms with Crippen molar-refractivity contribution in [3.05, 3.63) is 57.1 Å². The number of halogens is 1. The lowest BCUT2D eigenvalue weighted by molar-refractivity contribution is 0.873. The smallest absolute Gasteiger partial charge is 0.216 e. The molecule has 0 unspecified atom stereocenters. The van der Waals surface area contributed by atoms with E-state index in [0.29, 0.717) is 15.6 Å². The van der Waals surface area contributed by atoms with Crippen LogP contribution >= 0.6 is 35.2 Å². The molecule has 3 aromatic rings. The van der Waals surface area contributed by atoms with Crippen molar-refractivity contribution in [2.75, 3.05) is 0 Å². The first kappa shape index (κ1) is 13.2. The molecule has 2 heterocycles. The van der Waals surface area contributed by atoms with Gasteiger partial charge in [-0.15, -0.1) is 11.3 Å². The van der Waals surface area contributed by atoms with Crippen LogP contribution in [0.15, 0.2) is 46.9 Å². The number of rotatable bonds is 3. The van der Waals surface area contributed by atoms with Gasteiger partial charge in [-0.1, -0.05) is 29.8 Å². The van der Waals surface area contributed by atoms with Gasteiger partial charge in [0.05, 0.1) is 11.1 Å². The predicted octanol–water partition coefficient (Wildman–Crippen LogP) is 4.20. The average molecular weight is 321 g/mol. The van der Waals surface area contributed by atoms with Crippen molar-refractivity contribution in [3.63, 3.8) is 0 Å². The Labute approximate surface area is 129 Å². The zero-order valence-corrected chi connectivity index (χ0v) is 12.5. The van der Waals surface area contributed by atoms with Crippen molar-refractivity contribution in [3.8, 4) is 10.7 Å². The maximum atomic E-state index is 5.94. The fourth-order valence-electron chi connectivity index (χ4n) is 1.68. The van der Waals surface area contributed by atoms with Gasteiger partial charge in [-0.2, -0.15) is 14.9 Å². The largest absolute Gasteiger partial charge is 0.250 e. The first-order valence-corrected chi connectivity index (χ1v) is 7.42. The first-order chi connectivity index (χ1) is 9.74. The zero-order chi connectivity index (χ0) is 13.9. The highest BCUT2D eigenvalue weighted by atomic mass is 35.5. The molecule has 0 aliphatic rings. The average Bonchev–Trinajstić information content (AvgIpc) is 3.06. The highest BCUT2D eigenvalue weighted by Crippen LogP contribution is 2.22. The maximum absolute atomic E-state index is 5.94. The van der Waals surface area contributed by atoms with E-state index in [1.165, 1.54) is 0 Å². The summed E-state index contributed by atoms with van der Waals surface area (Å²) in [5.74, 6) is 0.697. The van der Waals surface area contributed by atoms with Gasteiger partial charge < -0.3 is 0 Å². The minimum atomic E-state index is 0.451. The molecule has 0 spiro atoms. The third-order valence-corrected chi connectivity index (χ3v) is 3.93. The Morgan fingerprint density at radius 3 is 3.00 bits per heavy atom. The van der Waals surface area contributed by atoms with E-state index in [1.54, 1.807) is 22.2 Å². The molecule has 0 bridgehead atoms. The predicted molar refractivity (Wildman–Crippen MR) is 85.2 cm³/mol. The highest BCUT2D eigenvalue weighted by molar-refractivity contribution is 7.71. The van der Waals surface area contributed by atoms with Gasteiger partial charge >= 0.3 is 0 Å². The normalized spacial score (nSPS) is 11.2. The van der Waals surface area contributed by atoms with Crippen LogP contribution in [-0.2, 0) is 0 Å². The Kier molecular flexibility index (Phi) is 3.77. The molecular formula is C13H9ClN4S2. The standard InChI is InChI=1S/C13H9ClN4S2/c14-10-4-1-3-9(7-10)8-15-18-12(16-17-13(18)19)11-5-2-6-20-11/h1-8H,(H,17,19)/b15-8-. The Balaban J connectivity index is 1.99. The molecular weight excluding hydrogens is 312 g/mol. The third kappa shape index (κ3) is 2.72. The van der Waals surface area contributed by atoms with Gasteiger partial charge in [-0.05, 0) is 41.4 Å². The van der Waals surface area contributed by atoms with Crippen LogP contribution in [0, 0.1) is 4.77 Å². The molecule has 0 saturated heterocycles. The second kappa shape index (κ2) is 5.70. The topological polar surface area (TPSA) is 46.0 Å². The number of aromatic nitrogens is 3. The van der Waals surface area contributed by atoms with Gasteiger partial charge in [-0.25, -0.2) is 5.10 Å². The Bertz CT molecular complexity index is 802. The lowest BCUT2D eigenvalue weighted by Crippen LogP contribution is -1.93.